The number of rotatable bonds is 13. The molecule has 3 aromatic rings. The summed E-state index contributed by atoms with van der Waals surface area (Å²) >= 11 is 0. The van der Waals surface area contributed by atoms with Crippen molar-refractivity contribution in [3.05, 3.63) is 108 Å². The van der Waals surface area contributed by atoms with Crippen molar-refractivity contribution in [3.63, 3.8) is 0 Å². The first-order chi connectivity index (χ1) is 27.4. The third-order valence-corrected chi connectivity index (χ3v) is 9.66. The maximum Gasteiger partial charge on any atom is 0.414 e. The summed E-state index contributed by atoms with van der Waals surface area (Å²) in [5, 5.41) is 15.1. The van der Waals surface area contributed by atoms with E-state index in [9.17, 15) is 29.2 Å². The third kappa shape index (κ3) is 12.6. The first-order valence-corrected chi connectivity index (χ1v) is 19.2. The summed E-state index contributed by atoms with van der Waals surface area (Å²) in [6, 6.07) is 26.1. The molecule has 0 spiro atoms. The van der Waals surface area contributed by atoms with Crippen LogP contribution in [0.3, 0.4) is 0 Å². The molecule has 15 nitrogen and oxygen atoms in total. The lowest BCUT2D eigenvalue weighted by molar-refractivity contribution is -0.296. The van der Waals surface area contributed by atoms with Gasteiger partial charge in [0.15, 0.2) is 0 Å². The molecule has 1 unspecified atom stereocenters. The van der Waals surface area contributed by atoms with Gasteiger partial charge in [0.2, 0.25) is 17.8 Å². The van der Waals surface area contributed by atoms with Crippen LogP contribution in [0.4, 0.5) is 14.4 Å². The van der Waals surface area contributed by atoms with E-state index in [4.69, 9.17) is 14.4 Å². The van der Waals surface area contributed by atoms with Crippen LogP contribution in [0.25, 0.3) is 0 Å². The van der Waals surface area contributed by atoms with Crippen LogP contribution in [-0.2, 0) is 43.6 Å². The van der Waals surface area contributed by atoms with Crippen molar-refractivity contribution in [2.45, 2.75) is 71.8 Å². The van der Waals surface area contributed by atoms with E-state index < -0.39 is 42.2 Å². The number of nitrogens with one attached hydrogen (secondary N) is 2. The van der Waals surface area contributed by atoms with Gasteiger partial charge in [-0.15, -0.1) is 0 Å². The zero-order valence-electron chi connectivity index (χ0n) is 32.7. The van der Waals surface area contributed by atoms with Crippen LogP contribution in [0, 0.1) is 11.3 Å². The molecule has 2 aliphatic heterocycles. The molecule has 5 rings (SSSR count). The first-order valence-electron chi connectivity index (χ1n) is 19.2. The average Bonchev–Trinajstić information content (AvgIpc) is 3.20. The van der Waals surface area contributed by atoms with Crippen LogP contribution in [-0.4, -0.2) is 101 Å². The number of β-lactam (4-membered cyclic amide) rings is 1. The lowest BCUT2D eigenvalue weighted by Gasteiger charge is -2.50. The summed E-state index contributed by atoms with van der Waals surface area (Å²) in [7, 11) is 0. The van der Waals surface area contributed by atoms with E-state index in [2.05, 4.69) is 15.6 Å². The summed E-state index contributed by atoms with van der Waals surface area (Å²) in [6.45, 7) is 7.26. The topological polar surface area (TPSA) is 179 Å². The van der Waals surface area contributed by atoms with Gasteiger partial charge in [-0.1, -0.05) is 112 Å². The standard InChI is InChI=1S/C42H52N6O9/c1-42(2,3)27-35(49)46-22-24-47(25-23-46)41(53)48-36(34(57-54)26-30-14-7-4-8-15-30)33(37(48)50)20-13-21-43-38(44-39(51)55-28-31-16-9-5-10-17-31)45-40(52)56-29-32-18-11-6-12-19-32/h4-12,14-19,33-34,36,54H,13,20-29H2,1-3H3,(H2,43,44,45,51,52)/t33-,34+,36?/m1/s1. The number of amides is 6. The predicted molar refractivity (Wildman–Crippen MR) is 210 cm³/mol. The number of alkyl carbamates (subject to hydrolysis) is 2. The molecular weight excluding hydrogens is 732 g/mol. The Morgan fingerprint density at radius 3 is 1.75 bits per heavy atom. The minimum Gasteiger partial charge on any atom is -0.444 e. The fraction of sp³-hybridized carbons (Fsp3) is 0.429. The van der Waals surface area contributed by atoms with E-state index in [1.54, 1.807) is 34.1 Å². The Labute approximate surface area is 332 Å². The van der Waals surface area contributed by atoms with Crippen molar-refractivity contribution in [2.24, 2.45) is 16.3 Å². The average molecular weight is 785 g/mol. The van der Waals surface area contributed by atoms with Crippen molar-refractivity contribution in [1.82, 2.24) is 25.3 Å². The molecule has 6 amide bonds. The summed E-state index contributed by atoms with van der Waals surface area (Å²) in [6.07, 6.45) is -1.45. The highest BCUT2D eigenvalue weighted by Crippen LogP contribution is 2.36. The van der Waals surface area contributed by atoms with Crippen molar-refractivity contribution >= 4 is 36.0 Å². The minimum atomic E-state index is -0.921. The molecular formula is C42H52N6O9. The summed E-state index contributed by atoms with van der Waals surface area (Å²) in [5.41, 5.74) is 2.20. The van der Waals surface area contributed by atoms with Gasteiger partial charge in [-0.2, -0.15) is 0 Å². The normalized spacial score (nSPS) is 17.2. The maximum absolute atomic E-state index is 13.9. The molecule has 0 bridgehead atoms. The number of ether oxygens (including phenoxy) is 2. The lowest BCUT2D eigenvalue weighted by Crippen LogP contribution is -2.70. The van der Waals surface area contributed by atoms with E-state index in [0.717, 1.165) is 21.6 Å². The molecule has 3 atom stereocenters. The molecule has 15 heteroatoms. The Bertz CT molecular complexity index is 1770. The summed E-state index contributed by atoms with van der Waals surface area (Å²) in [4.78, 5) is 79.7. The van der Waals surface area contributed by atoms with Gasteiger partial charge in [0, 0.05) is 45.6 Å². The Morgan fingerprint density at radius 2 is 1.26 bits per heavy atom. The number of piperazine rings is 1. The van der Waals surface area contributed by atoms with Gasteiger partial charge in [-0.25, -0.2) is 19.3 Å². The van der Waals surface area contributed by atoms with Crippen LogP contribution in [0.1, 0.15) is 56.7 Å². The monoisotopic (exact) mass is 784 g/mol. The van der Waals surface area contributed by atoms with Crippen molar-refractivity contribution in [2.75, 3.05) is 32.7 Å². The molecule has 3 N–H and O–H groups in total. The van der Waals surface area contributed by atoms with Crippen LogP contribution in [0.5, 0.6) is 0 Å². The maximum atomic E-state index is 13.9. The predicted octanol–water partition coefficient (Wildman–Crippen LogP) is 5.60. The fourth-order valence-electron chi connectivity index (χ4n) is 6.77. The van der Waals surface area contributed by atoms with Crippen molar-refractivity contribution in [1.29, 1.82) is 0 Å². The number of likely N-dealkylation sites (tertiary alicyclic amines) is 1. The second-order valence-electron chi connectivity index (χ2n) is 15.3. The number of aliphatic imine (C=N–C) groups is 1. The second kappa shape index (κ2) is 20.4. The molecule has 0 radical (unpaired) electrons. The molecule has 2 fully saturated rings. The Hall–Kier alpha value is -5.80. The van der Waals surface area contributed by atoms with Gasteiger partial charge >= 0.3 is 18.2 Å². The van der Waals surface area contributed by atoms with Crippen LogP contribution < -0.4 is 10.6 Å². The molecule has 0 saturated carbocycles. The number of benzene rings is 3. The number of imide groups is 1. The molecule has 2 aliphatic rings. The van der Waals surface area contributed by atoms with Gasteiger partial charge in [0.25, 0.3) is 0 Å². The third-order valence-electron chi connectivity index (χ3n) is 9.66. The molecule has 0 aliphatic carbocycles. The number of urea groups is 1. The largest absolute Gasteiger partial charge is 0.444 e. The Balaban J connectivity index is 1.24. The summed E-state index contributed by atoms with van der Waals surface area (Å²) < 4.78 is 10.6. The SMILES string of the molecule is CC(C)(C)CC(=O)N1CCN(C(=O)N2C(=O)[C@H](CCCN=C(NC(=O)OCc3ccccc3)NC(=O)OCc3ccccc3)C2[C@H](Cc2ccccc2)OO)CC1. The zero-order chi connectivity index (χ0) is 40.8. The van der Waals surface area contributed by atoms with Crippen molar-refractivity contribution in [3.8, 4) is 0 Å². The quantitative estimate of drug-likeness (QED) is 0.0497. The molecule has 304 valence electrons. The van der Waals surface area contributed by atoms with E-state index in [-0.39, 0.29) is 63.0 Å². The van der Waals surface area contributed by atoms with E-state index in [0.29, 0.717) is 25.9 Å². The van der Waals surface area contributed by atoms with Crippen LogP contribution in [0.2, 0.25) is 0 Å². The molecule has 2 saturated heterocycles. The number of guanidine groups is 1. The fourth-order valence-corrected chi connectivity index (χ4v) is 6.77. The molecule has 0 aromatic heterocycles. The van der Waals surface area contributed by atoms with Crippen LogP contribution in [0.15, 0.2) is 96.0 Å². The van der Waals surface area contributed by atoms with Crippen LogP contribution >= 0.6 is 0 Å². The zero-order valence-corrected chi connectivity index (χ0v) is 32.7. The van der Waals surface area contributed by atoms with Gasteiger partial charge in [0.05, 0.1) is 12.0 Å². The molecule has 3 aromatic carbocycles. The Kier molecular flexibility index (Phi) is 15.1. The number of carbonyl (C=O) groups is 5. The smallest absolute Gasteiger partial charge is 0.414 e. The molecule has 57 heavy (non-hydrogen) atoms. The number of hydrogen-bond acceptors (Lipinski definition) is 10. The van der Waals surface area contributed by atoms with E-state index >= 15 is 0 Å². The molecule has 2 heterocycles. The van der Waals surface area contributed by atoms with Gasteiger partial charge in [-0.3, -0.25) is 35.4 Å². The number of hydrogen-bond donors (Lipinski definition) is 3. The van der Waals surface area contributed by atoms with E-state index in [1.165, 1.54) is 0 Å². The highest BCUT2D eigenvalue weighted by atomic mass is 17.1. The van der Waals surface area contributed by atoms with Gasteiger partial charge in [-0.05, 0) is 34.9 Å². The Morgan fingerprint density at radius 1 is 0.772 bits per heavy atom. The van der Waals surface area contributed by atoms with Crippen molar-refractivity contribution < 1.29 is 43.6 Å². The minimum absolute atomic E-state index is 0.0130. The summed E-state index contributed by atoms with van der Waals surface area (Å²) in [5.74, 6) is -1.30. The first kappa shape index (κ1) is 42.3. The van der Waals surface area contributed by atoms with E-state index in [1.807, 2.05) is 87.5 Å². The second-order valence-corrected chi connectivity index (χ2v) is 15.3. The highest BCUT2D eigenvalue weighted by molar-refractivity contribution is 6.02. The number of nitrogens with zero attached hydrogens (tertiary/aromatic N) is 4. The highest BCUT2D eigenvalue weighted by Gasteiger charge is 2.55. The van der Waals surface area contributed by atoms with Gasteiger partial charge in [0.1, 0.15) is 19.3 Å². The van der Waals surface area contributed by atoms with Gasteiger partial charge < -0.3 is 19.3 Å². The lowest BCUT2D eigenvalue weighted by atomic mass is 9.79. The number of carbonyl (C=O) groups excluding carboxylic acids is 5.